The lowest BCUT2D eigenvalue weighted by molar-refractivity contribution is 0.0627. The summed E-state index contributed by atoms with van der Waals surface area (Å²) in [6.45, 7) is 2.07. The van der Waals surface area contributed by atoms with E-state index in [0.717, 1.165) is 0 Å². The van der Waals surface area contributed by atoms with E-state index in [1.165, 1.54) is 0 Å². The zero-order chi connectivity index (χ0) is 13.4. The van der Waals surface area contributed by atoms with Gasteiger partial charge < -0.3 is 20.1 Å². The summed E-state index contributed by atoms with van der Waals surface area (Å²) in [6.07, 6.45) is 0. The van der Waals surface area contributed by atoms with Gasteiger partial charge in [0.05, 0.1) is 13.2 Å². The third-order valence-electron chi connectivity index (χ3n) is 2.55. The lowest BCUT2D eigenvalue weighted by atomic mass is 10.2. The van der Waals surface area contributed by atoms with Crippen molar-refractivity contribution in [3.05, 3.63) is 29.8 Å². The predicted octanol–water partition coefficient (Wildman–Crippen LogP) is 1.43. The Balaban J connectivity index is 0.00000324. The SMILES string of the molecule is COCCN(CCOC)C(=O)c1cccc(N)c1.Cl. The van der Waals surface area contributed by atoms with E-state index in [1.807, 2.05) is 0 Å². The van der Waals surface area contributed by atoms with E-state index in [1.54, 1.807) is 43.4 Å². The molecule has 1 amide bonds. The Hall–Kier alpha value is -1.30. The molecule has 5 nitrogen and oxygen atoms in total. The van der Waals surface area contributed by atoms with Gasteiger partial charge in [-0.15, -0.1) is 12.4 Å². The maximum atomic E-state index is 12.3. The van der Waals surface area contributed by atoms with Crippen LogP contribution in [0.3, 0.4) is 0 Å². The van der Waals surface area contributed by atoms with Crippen molar-refractivity contribution in [3.63, 3.8) is 0 Å². The maximum Gasteiger partial charge on any atom is 0.254 e. The van der Waals surface area contributed by atoms with E-state index in [4.69, 9.17) is 15.2 Å². The second kappa shape index (κ2) is 9.61. The molecule has 0 spiro atoms. The lowest BCUT2D eigenvalue weighted by Gasteiger charge is -2.22. The van der Waals surface area contributed by atoms with Gasteiger partial charge in [0.15, 0.2) is 0 Å². The fraction of sp³-hybridized carbons (Fsp3) is 0.462. The summed E-state index contributed by atoms with van der Waals surface area (Å²) in [6, 6.07) is 6.96. The quantitative estimate of drug-likeness (QED) is 0.771. The van der Waals surface area contributed by atoms with E-state index in [2.05, 4.69) is 0 Å². The van der Waals surface area contributed by atoms with Crippen molar-refractivity contribution in [1.82, 2.24) is 4.90 Å². The summed E-state index contributed by atoms with van der Waals surface area (Å²) in [7, 11) is 3.22. The second-order valence-corrected chi connectivity index (χ2v) is 3.90. The minimum atomic E-state index is -0.0589. The maximum absolute atomic E-state index is 12.3. The number of carbonyl (C=O) groups excluding carboxylic acids is 1. The van der Waals surface area contributed by atoms with Gasteiger partial charge in [-0.25, -0.2) is 0 Å². The molecule has 6 heteroatoms. The highest BCUT2D eigenvalue weighted by atomic mass is 35.5. The number of anilines is 1. The lowest BCUT2D eigenvalue weighted by Crippen LogP contribution is -2.36. The van der Waals surface area contributed by atoms with Gasteiger partial charge in [0.2, 0.25) is 0 Å². The van der Waals surface area contributed by atoms with Crippen molar-refractivity contribution >= 4 is 24.0 Å². The van der Waals surface area contributed by atoms with Crippen molar-refractivity contribution in [2.75, 3.05) is 46.3 Å². The summed E-state index contributed by atoms with van der Waals surface area (Å²) in [5, 5.41) is 0. The Morgan fingerprint density at radius 3 is 2.26 bits per heavy atom. The second-order valence-electron chi connectivity index (χ2n) is 3.90. The normalized spacial score (nSPS) is 9.79. The minimum absolute atomic E-state index is 0. The molecule has 1 rings (SSSR count). The molecule has 0 aromatic heterocycles. The molecule has 0 radical (unpaired) electrons. The molecule has 0 saturated heterocycles. The summed E-state index contributed by atoms with van der Waals surface area (Å²) < 4.78 is 10.0. The third kappa shape index (κ3) is 5.92. The van der Waals surface area contributed by atoms with Gasteiger partial charge in [-0.05, 0) is 18.2 Å². The Morgan fingerprint density at radius 2 is 1.79 bits per heavy atom. The average Bonchev–Trinajstić information content (AvgIpc) is 2.38. The van der Waals surface area contributed by atoms with Gasteiger partial charge >= 0.3 is 0 Å². The first-order valence-corrected chi connectivity index (χ1v) is 5.81. The Morgan fingerprint density at radius 1 is 1.21 bits per heavy atom. The molecule has 0 fully saturated rings. The first-order chi connectivity index (χ1) is 8.69. The van der Waals surface area contributed by atoms with Crippen LogP contribution in [0.25, 0.3) is 0 Å². The first kappa shape index (κ1) is 17.7. The van der Waals surface area contributed by atoms with Crippen LogP contribution in [0, 0.1) is 0 Å². The van der Waals surface area contributed by atoms with Crippen LogP contribution in [-0.4, -0.2) is 51.3 Å². The van der Waals surface area contributed by atoms with Gasteiger partial charge in [-0.1, -0.05) is 6.07 Å². The molecule has 0 heterocycles. The number of rotatable bonds is 7. The molecule has 1 aromatic rings. The number of nitrogen functional groups attached to an aromatic ring is 1. The molecule has 108 valence electrons. The molecular weight excluding hydrogens is 268 g/mol. The van der Waals surface area contributed by atoms with E-state index in [9.17, 15) is 4.79 Å². The fourth-order valence-electron chi connectivity index (χ4n) is 1.57. The fourth-order valence-corrected chi connectivity index (χ4v) is 1.57. The molecule has 0 unspecified atom stereocenters. The van der Waals surface area contributed by atoms with Crippen LogP contribution in [0.2, 0.25) is 0 Å². The van der Waals surface area contributed by atoms with E-state index >= 15 is 0 Å². The van der Waals surface area contributed by atoms with Crippen LogP contribution >= 0.6 is 12.4 Å². The summed E-state index contributed by atoms with van der Waals surface area (Å²) in [5.41, 5.74) is 6.84. The highest BCUT2D eigenvalue weighted by Crippen LogP contribution is 2.09. The van der Waals surface area contributed by atoms with Crippen LogP contribution in [0.4, 0.5) is 5.69 Å². The van der Waals surface area contributed by atoms with E-state index in [-0.39, 0.29) is 18.3 Å². The molecule has 0 aliphatic heterocycles. The molecule has 2 N–H and O–H groups in total. The summed E-state index contributed by atoms with van der Waals surface area (Å²) >= 11 is 0. The van der Waals surface area contributed by atoms with Crippen molar-refractivity contribution in [3.8, 4) is 0 Å². The number of hydrogen-bond donors (Lipinski definition) is 1. The number of methoxy groups -OCH3 is 2. The average molecular weight is 289 g/mol. The van der Waals surface area contributed by atoms with Gasteiger partial charge in [-0.2, -0.15) is 0 Å². The largest absolute Gasteiger partial charge is 0.399 e. The zero-order valence-corrected chi connectivity index (χ0v) is 12.1. The van der Waals surface area contributed by atoms with Crippen molar-refractivity contribution in [1.29, 1.82) is 0 Å². The number of hydrogen-bond acceptors (Lipinski definition) is 4. The van der Waals surface area contributed by atoms with Crippen molar-refractivity contribution in [2.45, 2.75) is 0 Å². The molecule has 0 bridgehead atoms. The summed E-state index contributed by atoms with van der Waals surface area (Å²) in [4.78, 5) is 14.0. The summed E-state index contributed by atoms with van der Waals surface area (Å²) in [5.74, 6) is -0.0589. The van der Waals surface area contributed by atoms with Crippen molar-refractivity contribution < 1.29 is 14.3 Å². The monoisotopic (exact) mass is 288 g/mol. The highest BCUT2D eigenvalue weighted by Gasteiger charge is 2.15. The molecule has 0 saturated carbocycles. The van der Waals surface area contributed by atoms with Crippen molar-refractivity contribution in [2.24, 2.45) is 0 Å². The van der Waals surface area contributed by atoms with Crippen LogP contribution in [0.15, 0.2) is 24.3 Å². The number of ether oxygens (including phenoxy) is 2. The number of amides is 1. The molecule has 19 heavy (non-hydrogen) atoms. The molecule has 0 aliphatic rings. The first-order valence-electron chi connectivity index (χ1n) is 5.81. The predicted molar refractivity (Wildman–Crippen MR) is 77.8 cm³/mol. The number of nitrogens with zero attached hydrogens (tertiary/aromatic N) is 1. The zero-order valence-electron chi connectivity index (χ0n) is 11.3. The molecule has 0 atom stereocenters. The third-order valence-corrected chi connectivity index (χ3v) is 2.55. The van der Waals surface area contributed by atoms with E-state index in [0.29, 0.717) is 37.6 Å². The van der Waals surface area contributed by atoms with Gasteiger partial charge in [-0.3, -0.25) is 4.79 Å². The van der Waals surface area contributed by atoms with Gasteiger partial charge in [0.1, 0.15) is 0 Å². The van der Waals surface area contributed by atoms with Crippen LogP contribution in [0.1, 0.15) is 10.4 Å². The van der Waals surface area contributed by atoms with E-state index < -0.39 is 0 Å². The number of benzene rings is 1. The molecular formula is C13H21ClN2O3. The van der Waals surface area contributed by atoms with Gasteiger partial charge in [0.25, 0.3) is 5.91 Å². The number of carbonyl (C=O) groups is 1. The van der Waals surface area contributed by atoms with Gasteiger partial charge in [0, 0.05) is 38.6 Å². The van der Waals surface area contributed by atoms with Crippen LogP contribution in [0.5, 0.6) is 0 Å². The minimum Gasteiger partial charge on any atom is -0.399 e. The number of nitrogens with two attached hydrogens (primary N) is 1. The topological polar surface area (TPSA) is 64.8 Å². The van der Waals surface area contributed by atoms with Crippen LogP contribution < -0.4 is 5.73 Å². The Bertz CT molecular complexity index is 380. The molecule has 0 aliphatic carbocycles. The highest BCUT2D eigenvalue weighted by molar-refractivity contribution is 5.95. The molecule has 1 aromatic carbocycles. The Kier molecular flexibility index (Phi) is 8.95. The number of halogens is 1. The van der Waals surface area contributed by atoms with Crippen LogP contribution in [-0.2, 0) is 9.47 Å². The standard InChI is InChI=1S/C13H20N2O3.ClH/c1-17-8-6-15(7-9-18-2)13(16)11-4-3-5-12(14)10-11;/h3-5,10H,6-9,14H2,1-2H3;1H. The Labute approximate surface area is 120 Å². The smallest absolute Gasteiger partial charge is 0.254 e.